The van der Waals surface area contributed by atoms with Crippen LogP contribution in [0.15, 0.2) is 24.3 Å². The van der Waals surface area contributed by atoms with Gasteiger partial charge >= 0.3 is 11.9 Å². The van der Waals surface area contributed by atoms with Crippen LogP contribution in [-0.2, 0) is 9.47 Å². The Morgan fingerprint density at radius 3 is 1.38 bits per heavy atom. The standard InChI is InChI=1S/C20H28O4/c21-19-17-12-11-13-18(16-17)20(22)24-15-10-8-6-4-2-1-3-5-7-9-14-23-19/h11-13,16H,1-10,14-15H2. The Labute approximate surface area is 144 Å². The molecule has 24 heavy (non-hydrogen) atoms. The lowest BCUT2D eigenvalue weighted by Gasteiger charge is -2.07. The summed E-state index contributed by atoms with van der Waals surface area (Å²) in [5, 5.41) is 0. The highest BCUT2D eigenvalue weighted by atomic mass is 16.5. The summed E-state index contributed by atoms with van der Waals surface area (Å²) in [5.74, 6) is -0.745. The predicted molar refractivity (Wildman–Crippen MR) is 93.2 cm³/mol. The van der Waals surface area contributed by atoms with Crippen LogP contribution in [0.2, 0.25) is 0 Å². The van der Waals surface area contributed by atoms with Gasteiger partial charge in [-0.05, 0) is 31.0 Å². The molecule has 1 aliphatic rings. The molecule has 0 saturated carbocycles. The number of ether oxygens (including phenoxy) is 2. The van der Waals surface area contributed by atoms with Gasteiger partial charge in [0, 0.05) is 0 Å². The number of hydrogen-bond acceptors (Lipinski definition) is 4. The first-order valence-corrected chi connectivity index (χ1v) is 9.22. The third kappa shape index (κ3) is 6.73. The van der Waals surface area contributed by atoms with Crippen LogP contribution in [0.4, 0.5) is 0 Å². The zero-order valence-electron chi connectivity index (χ0n) is 14.4. The van der Waals surface area contributed by atoms with Crippen molar-refractivity contribution < 1.29 is 19.1 Å². The van der Waals surface area contributed by atoms with Crippen LogP contribution in [0.1, 0.15) is 84.9 Å². The van der Waals surface area contributed by atoms with E-state index >= 15 is 0 Å². The van der Waals surface area contributed by atoms with Crippen LogP contribution >= 0.6 is 0 Å². The number of carbonyl (C=O) groups is 2. The summed E-state index contributed by atoms with van der Waals surface area (Å²) in [6.45, 7) is 0.876. The number of carbonyl (C=O) groups excluding carboxylic acids is 2. The van der Waals surface area contributed by atoms with Gasteiger partial charge in [0.05, 0.1) is 24.3 Å². The first-order chi connectivity index (χ1) is 11.8. The molecule has 132 valence electrons. The predicted octanol–water partition coefficient (Wildman–Crippen LogP) is 4.91. The summed E-state index contributed by atoms with van der Waals surface area (Å²) in [7, 11) is 0. The first-order valence-electron chi connectivity index (χ1n) is 9.22. The monoisotopic (exact) mass is 332 g/mol. The highest BCUT2D eigenvalue weighted by Gasteiger charge is 2.12. The van der Waals surface area contributed by atoms with E-state index in [2.05, 4.69) is 0 Å². The molecule has 0 aliphatic carbocycles. The molecule has 0 N–H and O–H groups in total. The highest BCUT2D eigenvalue weighted by molar-refractivity contribution is 5.95. The molecule has 4 heteroatoms. The molecule has 0 fully saturated rings. The molecular weight excluding hydrogens is 304 g/mol. The summed E-state index contributed by atoms with van der Waals surface area (Å²) in [4.78, 5) is 24.1. The minimum absolute atomic E-state index is 0.373. The van der Waals surface area contributed by atoms with Gasteiger partial charge in [-0.15, -0.1) is 0 Å². The lowest BCUT2D eigenvalue weighted by molar-refractivity contribution is 0.0496. The van der Waals surface area contributed by atoms with Gasteiger partial charge in [0.25, 0.3) is 0 Å². The molecule has 1 heterocycles. The van der Waals surface area contributed by atoms with Gasteiger partial charge in [-0.1, -0.05) is 57.4 Å². The molecule has 0 spiro atoms. The molecule has 0 amide bonds. The Bertz CT molecular complexity index is 481. The molecule has 0 radical (unpaired) electrons. The number of benzene rings is 1. The van der Waals surface area contributed by atoms with Gasteiger partial charge in [0.15, 0.2) is 0 Å². The lowest BCUT2D eigenvalue weighted by Crippen LogP contribution is -2.10. The lowest BCUT2D eigenvalue weighted by atomic mass is 10.1. The molecule has 1 aliphatic heterocycles. The second-order valence-electron chi connectivity index (χ2n) is 6.39. The Balaban J connectivity index is 1.93. The van der Waals surface area contributed by atoms with Gasteiger partial charge in [-0.25, -0.2) is 9.59 Å². The molecule has 0 aromatic heterocycles. The van der Waals surface area contributed by atoms with Gasteiger partial charge in [0.2, 0.25) is 0 Å². The van der Waals surface area contributed by atoms with Crippen molar-refractivity contribution in [2.75, 3.05) is 13.2 Å². The third-order valence-electron chi connectivity index (χ3n) is 4.34. The molecule has 1 aromatic carbocycles. The van der Waals surface area contributed by atoms with Gasteiger partial charge in [-0.2, -0.15) is 0 Å². The molecule has 1 aromatic rings. The van der Waals surface area contributed by atoms with Crippen LogP contribution in [0.25, 0.3) is 0 Å². The average Bonchev–Trinajstić information content (AvgIpc) is 2.61. The third-order valence-corrected chi connectivity index (χ3v) is 4.34. The SMILES string of the molecule is O=C1OCCCCCCCCCCCCOC(=O)c2cccc1c2. The van der Waals surface area contributed by atoms with E-state index in [-0.39, 0.29) is 11.9 Å². The van der Waals surface area contributed by atoms with E-state index < -0.39 is 0 Å². The van der Waals surface area contributed by atoms with Crippen molar-refractivity contribution in [3.05, 3.63) is 35.4 Å². The summed E-state index contributed by atoms with van der Waals surface area (Å²) < 4.78 is 10.6. The van der Waals surface area contributed by atoms with Crippen LogP contribution in [-0.4, -0.2) is 25.2 Å². The smallest absolute Gasteiger partial charge is 0.338 e. The second kappa shape index (κ2) is 10.8. The van der Waals surface area contributed by atoms with E-state index in [0.717, 1.165) is 25.7 Å². The van der Waals surface area contributed by atoms with E-state index in [1.165, 1.54) is 38.5 Å². The summed E-state index contributed by atoms with van der Waals surface area (Å²) >= 11 is 0. The zero-order valence-corrected chi connectivity index (χ0v) is 14.4. The van der Waals surface area contributed by atoms with E-state index in [1.807, 2.05) is 0 Å². The Morgan fingerprint density at radius 2 is 0.958 bits per heavy atom. The second-order valence-corrected chi connectivity index (χ2v) is 6.39. The fourth-order valence-electron chi connectivity index (χ4n) is 2.89. The number of fused-ring (bicyclic) bond motifs is 2. The van der Waals surface area contributed by atoms with E-state index in [9.17, 15) is 9.59 Å². The molecule has 0 unspecified atom stereocenters. The minimum Gasteiger partial charge on any atom is -0.462 e. The maximum absolute atomic E-state index is 12.0. The van der Waals surface area contributed by atoms with Crippen molar-refractivity contribution in [1.82, 2.24) is 0 Å². The Kier molecular flexibility index (Phi) is 8.36. The van der Waals surface area contributed by atoms with Crippen molar-refractivity contribution >= 4 is 11.9 Å². The summed E-state index contributed by atoms with van der Waals surface area (Å²) in [5.41, 5.74) is 0.810. The van der Waals surface area contributed by atoms with Crippen molar-refractivity contribution in [2.45, 2.75) is 64.2 Å². The molecule has 2 bridgehead atoms. The fraction of sp³-hybridized carbons (Fsp3) is 0.600. The van der Waals surface area contributed by atoms with Crippen molar-refractivity contribution in [1.29, 1.82) is 0 Å². The maximum Gasteiger partial charge on any atom is 0.338 e. The van der Waals surface area contributed by atoms with Crippen LogP contribution in [0.5, 0.6) is 0 Å². The largest absolute Gasteiger partial charge is 0.462 e. The maximum atomic E-state index is 12.0. The highest BCUT2D eigenvalue weighted by Crippen LogP contribution is 2.13. The number of rotatable bonds is 0. The molecular formula is C20H28O4. The van der Waals surface area contributed by atoms with Crippen LogP contribution in [0, 0.1) is 0 Å². The van der Waals surface area contributed by atoms with Gasteiger partial charge < -0.3 is 9.47 Å². The molecule has 2 rings (SSSR count). The molecule has 4 nitrogen and oxygen atoms in total. The molecule has 0 atom stereocenters. The summed E-state index contributed by atoms with van der Waals surface area (Å²) in [6.07, 6.45) is 11.5. The van der Waals surface area contributed by atoms with Crippen molar-refractivity contribution in [3.8, 4) is 0 Å². The van der Waals surface area contributed by atoms with E-state index in [4.69, 9.17) is 9.47 Å². The topological polar surface area (TPSA) is 52.6 Å². The van der Waals surface area contributed by atoms with Crippen molar-refractivity contribution in [3.63, 3.8) is 0 Å². The van der Waals surface area contributed by atoms with Gasteiger partial charge in [0.1, 0.15) is 0 Å². The Morgan fingerprint density at radius 1 is 0.583 bits per heavy atom. The Hall–Kier alpha value is -1.84. The van der Waals surface area contributed by atoms with E-state index in [0.29, 0.717) is 24.3 Å². The van der Waals surface area contributed by atoms with Crippen molar-refractivity contribution in [2.24, 2.45) is 0 Å². The van der Waals surface area contributed by atoms with Gasteiger partial charge in [-0.3, -0.25) is 0 Å². The first kappa shape index (κ1) is 18.5. The zero-order chi connectivity index (χ0) is 17.0. The average molecular weight is 332 g/mol. The number of hydrogen-bond donors (Lipinski definition) is 0. The van der Waals surface area contributed by atoms with Crippen LogP contribution < -0.4 is 0 Å². The normalized spacial score (nSPS) is 19.3. The quantitative estimate of drug-likeness (QED) is 0.633. The fourth-order valence-corrected chi connectivity index (χ4v) is 2.89. The summed E-state index contributed by atoms with van der Waals surface area (Å²) in [6, 6.07) is 6.58. The minimum atomic E-state index is -0.373. The number of cyclic esters (lactones) is 2. The van der Waals surface area contributed by atoms with E-state index in [1.54, 1.807) is 24.3 Å². The van der Waals surface area contributed by atoms with Crippen LogP contribution in [0.3, 0.4) is 0 Å². The molecule has 0 saturated heterocycles. The number of esters is 2.